The molecule has 1 atom stereocenters. The molecule has 1 aliphatic rings. The summed E-state index contributed by atoms with van der Waals surface area (Å²) in [5.41, 5.74) is 1.71. The Labute approximate surface area is 188 Å². The van der Waals surface area contributed by atoms with E-state index in [0.717, 1.165) is 21.9 Å². The Morgan fingerprint density at radius 2 is 1.22 bits per heavy atom. The number of carbonyl (C=O) groups excluding carboxylic acids is 1. The van der Waals surface area contributed by atoms with Crippen molar-refractivity contribution in [3.05, 3.63) is 90.0 Å². The lowest BCUT2D eigenvalue weighted by Gasteiger charge is -2.22. The van der Waals surface area contributed by atoms with E-state index < -0.39 is 5.38 Å². The van der Waals surface area contributed by atoms with Crippen LogP contribution in [0.2, 0.25) is 0 Å². The summed E-state index contributed by atoms with van der Waals surface area (Å²) in [6, 6.07) is 26.4. The van der Waals surface area contributed by atoms with Gasteiger partial charge in [-0.05, 0) is 94.5 Å². The van der Waals surface area contributed by atoms with Crippen molar-refractivity contribution in [3.8, 4) is 0 Å². The Morgan fingerprint density at radius 1 is 0.594 bits per heavy atom. The Kier molecular flexibility index (Phi) is 2.95. The van der Waals surface area contributed by atoms with Gasteiger partial charge in [-0.25, -0.2) is 0 Å². The predicted octanol–water partition coefficient (Wildman–Crippen LogP) is 8.30. The van der Waals surface area contributed by atoms with Gasteiger partial charge in [0.25, 0.3) is 0 Å². The molecule has 0 saturated heterocycles. The van der Waals surface area contributed by atoms with Gasteiger partial charge >= 0.3 is 0 Å². The Balaban J connectivity index is 1.69. The van der Waals surface area contributed by atoms with Crippen LogP contribution < -0.4 is 0 Å². The number of fused-ring (bicyclic) bond motifs is 4. The summed E-state index contributed by atoms with van der Waals surface area (Å²) in [4.78, 5) is 12.8. The number of halogens is 1. The zero-order valence-corrected chi connectivity index (χ0v) is 17.7. The largest absolute Gasteiger partial charge is 0.292 e. The lowest BCUT2D eigenvalue weighted by atomic mass is 9.82. The van der Waals surface area contributed by atoms with Crippen LogP contribution in [0.5, 0.6) is 0 Å². The smallest absolute Gasteiger partial charge is 0.185 e. The first kappa shape index (κ1) is 16.9. The summed E-state index contributed by atoms with van der Waals surface area (Å²) in [6.07, 6.45) is 3.83. The number of allylic oxidation sites excluding steroid dienone is 1. The third-order valence-electron chi connectivity index (χ3n) is 7.32. The minimum Gasteiger partial charge on any atom is -0.292 e. The molecule has 7 aromatic carbocycles. The van der Waals surface area contributed by atoms with Gasteiger partial charge in [0, 0.05) is 5.56 Å². The molecule has 0 aliphatic heterocycles. The zero-order valence-electron chi connectivity index (χ0n) is 16.9. The molecule has 0 fully saturated rings. The molecule has 0 radical (unpaired) electrons. The van der Waals surface area contributed by atoms with Crippen LogP contribution in [0.4, 0.5) is 0 Å². The van der Waals surface area contributed by atoms with Crippen molar-refractivity contribution in [1.82, 2.24) is 0 Å². The molecule has 1 unspecified atom stereocenters. The number of hydrogen-bond donors (Lipinski definition) is 0. The van der Waals surface area contributed by atoms with Gasteiger partial charge in [-0.2, -0.15) is 0 Å². The van der Waals surface area contributed by atoms with Crippen molar-refractivity contribution < 1.29 is 4.79 Å². The molecule has 0 saturated carbocycles. The van der Waals surface area contributed by atoms with E-state index in [0.29, 0.717) is 0 Å². The number of rotatable bonds is 0. The van der Waals surface area contributed by atoms with Crippen molar-refractivity contribution in [2.75, 3.05) is 0 Å². The van der Waals surface area contributed by atoms with E-state index in [4.69, 9.17) is 11.6 Å². The lowest BCUT2D eigenvalue weighted by molar-refractivity contribution is 0.0998. The summed E-state index contributed by atoms with van der Waals surface area (Å²) in [5.74, 6) is -0.0157. The summed E-state index contributed by atoms with van der Waals surface area (Å²) in [7, 11) is 0. The van der Waals surface area contributed by atoms with E-state index in [1.54, 1.807) is 0 Å². The molecule has 0 N–H and O–H groups in total. The van der Waals surface area contributed by atoms with Crippen LogP contribution in [0.1, 0.15) is 15.9 Å². The highest BCUT2D eigenvalue weighted by Crippen LogP contribution is 2.47. The highest BCUT2D eigenvalue weighted by molar-refractivity contribution is 6.41. The van der Waals surface area contributed by atoms with Gasteiger partial charge < -0.3 is 0 Å². The monoisotopic (exact) mass is 426 g/mol. The normalized spacial score (nSPS) is 16.5. The molecule has 1 nitrogen and oxygen atoms in total. The predicted molar refractivity (Wildman–Crippen MR) is 137 cm³/mol. The molecule has 0 aromatic heterocycles. The highest BCUT2D eigenvalue weighted by atomic mass is 35.5. The fraction of sp³-hybridized carbons (Fsp3) is 0.0333. The van der Waals surface area contributed by atoms with Gasteiger partial charge in [0.2, 0.25) is 0 Å². The fourth-order valence-corrected chi connectivity index (χ4v) is 6.15. The van der Waals surface area contributed by atoms with Crippen LogP contribution in [-0.4, -0.2) is 11.2 Å². The van der Waals surface area contributed by atoms with E-state index in [2.05, 4.69) is 66.7 Å². The van der Waals surface area contributed by atoms with Gasteiger partial charge in [-0.1, -0.05) is 60.7 Å². The van der Waals surface area contributed by atoms with E-state index in [-0.39, 0.29) is 5.78 Å². The van der Waals surface area contributed by atoms with Crippen molar-refractivity contribution in [3.63, 3.8) is 0 Å². The van der Waals surface area contributed by atoms with Crippen LogP contribution in [-0.2, 0) is 0 Å². The van der Waals surface area contributed by atoms with Gasteiger partial charge in [0.1, 0.15) is 5.38 Å². The van der Waals surface area contributed by atoms with Gasteiger partial charge in [0.15, 0.2) is 5.78 Å². The molecular formula is C30H15ClO. The first-order valence-electron chi connectivity index (χ1n) is 10.9. The maximum Gasteiger partial charge on any atom is 0.185 e. The molecule has 8 rings (SSSR count). The number of hydrogen-bond acceptors (Lipinski definition) is 1. The molecular weight excluding hydrogens is 412 g/mol. The van der Waals surface area contributed by atoms with E-state index >= 15 is 0 Å². The molecule has 2 heteroatoms. The fourth-order valence-electron chi connectivity index (χ4n) is 5.96. The van der Waals surface area contributed by atoms with Gasteiger partial charge in [0.05, 0.1) is 0 Å². The second kappa shape index (κ2) is 5.56. The van der Waals surface area contributed by atoms with E-state index in [1.165, 1.54) is 53.9 Å². The van der Waals surface area contributed by atoms with Gasteiger partial charge in [-0.3, -0.25) is 4.79 Å². The van der Waals surface area contributed by atoms with Crippen LogP contribution in [0.25, 0.3) is 70.7 Å². The highest BCUT2D eigenvalue weighted by Gasteiger charge is 2.26. The summed E-state index contributed by atoms with van der Waals surface area (Å²) in [6.45, 7) is 0. The Hall–Kier alpha value is -3.68. The van der Waals surface area contributed by atoms with Crippen LogP contribution >= 0.6 is 11.6 Å². The third kappa shape index (κ3) is 1.90. The molecule has 32 heavy (non-hydrogen) atoms. The minimum absolute atomic E-state index is 0.0157. The first-order valence-corrected chi connectivity index (χ1v) is 11.3. The zero-order chi connectivity index (χ0) is 21.1. The molecule has 1 aliphatic carbocycles. The van der Waals surface area contributed by atoms with Crippen LogP contribution in [0, 0.1) is 0 Å². The van der Waals surface area contributed by atoms with Crippen LogP contribution in [0.3, 0.4) is 0 Å². The molecule has 0 bridgehead atoms. The molecule has 0 spiro atoms. The van der Waals surface area contributed by atoms with Gasteiger partial charge in [-0.15, -0.1) is 11.6 Å². The average Bonchev–Trinajstić information content (AvgIpc) is 2.83. The number of ketones is 1. The average molecular weight is 427 g/mol. The summed E-state index contributed by atoms with van der Waals surface area (Å²) >= 11 is 6.26. The van der Waals surface area contributed by atoms with E-state index in [9.17, 15) is 4.79 Å². The van der Waals surface area contributed by atoms with Crippen molar-refractivity contribution in [2.45, 2.75) is 5.38 Å². The first-order chi connectivity index (χ1) is 15.7. The van der Waals surface area contributed by atoms with E-state index in [1.807, 2.05) is 18.2 Å². The number of alkyl halides is 1. The molecule has 0 heterocycles. The Bertz CT molecular complexity index is 1960. The molecule has 0 amide bonds. The minimum atomic E-state index is -0.589. The number of carbonyl (C=O) groups is 1. The maximum atomic E-state index is 12.8. The summed E-state index contributed by atoms with van der Waals surface area (Å²) < 4.78 is 0. The molecule has 148 valence electrons. The standard InChI is InChI=1S/C30H15ClO/c31-25-10-9-21-23-13-19-7-5-16-11-15-3-1-2-4-20(15)22-12-18-8-6-17(14-24(21)30(25)32)27(23)29(18)28(19)26(16)22/h1-14,25H. The third-order valence-corrected chi connectivity index (χ3v) is 7.66. The van der Waals surface area contributed by atoms with Crippen LogP contribution in [0.15, 0.2) is 78.9 Å². The SMILES string of the molecule is O=C1c2cc3ccc4cc5c6ccccc6cc6ccc7cc(c2C=CC1Cl)c3c4c7c65. The summed E-state index contributed by atoms with van der Waals surface area (Å²) in [5, 5.41) is 14.4. The number of benzene rings is 7. The topological polar surface area (TPSA) is 17.1 Å². The number of Topliss-reactive ketones (excluding diaryl/α,β-unsaturated/α-hetero) is 1. The second-order valence-electron chi connectivity index (χ2n) is 8.93. The maximum absolute atomic E-state index is 12.8. The quantitative estimate of drug-likeness (QED) is 0.135. The Morgan fingerprint density at radius 3 is 2.00 bits per heavy atom. The van der Waals surface area contributed by atoms with Crippen molar-refractivity contribution >= 4 is 88.1 Å². The van der Waals surface area contributed by atoms with Crippen molar-refractivity contribution in [1.29, 1.82) is 0 Å². The molecule has 7 aromatic rings. The lowest BCUT2D eigenvalue weighted by Crippen LogP contribution is -2.17. The van der Waals surface area contributed by atoms with Crippen molar-refractivity contribution in [2.24, 2.45) is 0 Å². The second-order valence-corrected chi connectivity index (χ2v) is 9.40.